The van der Waals surface area contributed by atoms with Crippen molar-refractivity contribution in [1.82, 2.24) is 5.32 Å². The molecule has 0 saturated heterocycles. The maximum atomic E-state index is 12.3. The van der Waals surface area contributed by atoms with Gasteiger partial charge in [0.05, 0.1) is 19.4 Å². The summed E-state index contributed by atoms with van der Waals surface area (Å²) in [6, 6.07) is 1.27. The highest BCUT2D eigenvalue weighted by molar-refractivity contribution is 5.15. The van der Waals surface area contributed by atoms with Crippen LogP contribution in [0.15, 0.2) is 16.7 Å². The summed E-state index contributed by atoms with van der Waals surface area (Å²) in [6.07, 6.45) is -13.6. The molecule has 0 unspecified atom stereocenters. The van der Waals surface area contributed by atoms with E-state index in [1.54, 1.807) is 6.92 Å². The van der Waals surface area contributed by atoms with Crippen molar-refractivity contribution >= 4 is 0 Å². The molecule has 0 amide bonds. The molecule has 1 aromatic rings. The number of rotatable bonds is 6. The van der Waals surface area contributed by atoms with Crippen molar-refractivity contribution in [3.63, 3.8) is 0 Å². The Morgan fingerprint density at radius 3 is 2.30 bits per heavy atom. The molecule has 0 saturated carbocycles. The van der Waals surface area contributed by atoms with Crippen molar-refractivity contribution in [3.8, 4) is 0 Å². The van der Waals surface area contributed by atoms with Crippen LogP contribution in [0.1, 0.15) is 18.2 Å². The molecular weight excluding hydrogens is 292 g/mol. The molecule has 0 aliphatic carbocycles. The minimum absolute atomic E-state index is 0.143. The lowest BCUT2D eigenvalue weighted by Crippen LogP contribution is -2.44. The van der Waals surface area contributed by atoms with Crippen molar-refractivity contribution in [2.24, 2.45) is 0 Å². The van der Waals surface area contributed by atoms with E-state index in [1.807, 2.05) is 0 Å². The number of hydrogen-bond donors (Lipinski definition) is 1. The number of halogens is 6. The van der Waals surface area contributed by atoms with Crippen LogP contribution >= 0.6 is 0 Å². The highest BCUT2D eigenvalue weighted by Crippen LogP contribution is 2.36. The molecule has 0 aliphatic heterocycles. The topological polar surface area (TPSA) is 34.4 Å². The van der Waals surface area contributed by atoms with Crippen LogP contribution in [-0.2, 0) is 17.9 Å². The molecule has 0 atom stereocenters. The van der Waals surface area contributed by atoms with Gasteiger partial charge in [-0.15, -0.1) is 0 Å². The highest BCUT2D eigenvalue weighted by atomic mass is 19.4. The fourth-order valence-corrected chi connectivity index (χ4v) is 1.44. The van der Waals surface area contributed by atoms with Crippen molar-refractivity contribution in [1.29, 1.82) is 0 Å². The molecule has 1 heterocycles. The summed E-state index contributed by atoms with van der Waals surface area (Å²) in [5, 5.41) is 2.85. The number of alkyl halides is 6. The smallest absolute Gasteiger partial charge is 0.423 e. The van der Waals surface area contributed by atoms with Gasteiger partial charge in [0.1, 0.15) is 5.76 Å². The van der Waals surface area contributed by atoms with Gasteiger partial charge in [-0.1, -0.05) is 6.92 Å². The summed E-state index contributed by atoms with van der Waals surface area (Å²) in [6.45, 7) is 1.74. The van der Waals surface area contributed by atoms with E-state index in [-0.39, 0.29) is 17.9 Å². The van der Waals surface area contributed by atoms with Gasteiger partial charge in [0, 0.05) is 5.56 Å². The molecule has 0 spiro atoms. The highest BCUT2D eigenvalue weighted by Gasteiger charge is 2.58. The quantitative estimate of drug-likeness (QED) is 0.818. The third-order valence-electron chi connectivity index (χ3n) is 2.37. The first-order chi connectivity index (χ1) is 9.16. The standard InChI is InChI=1S/C11H13F6NO2/c1-2-18-5-8-7(3-4-19-8)6-20-9(10(12,13)14)11(15,16)17/h3-4,9,18H,2,5-6H2,1H3. The summed E-state index contributed by atoms with van der Waals surface area (Å²) in [7, 11) is 0. The Hall–Kier alpha value is -1.22. The van der Waals surface area contributed by atoms with Gasteiger partial charge in [0.15, 0.2) is 0 Å². The lowest BCUT2D eigenvalue weighted by Gasteiger charge is -2.23. The summed E-state index contributed by atoms with van der Waals surface area (Å²) in [4.78, 5) is 0. The Morgan fingerprint density at radius 1 is 1.20 bits per heavy atom. The van der Waals surface area contributed by atoms with E-state index in [4.69, 9.17) is 4.42 Å². The minimum atomic E-state index is -5.51. The molecule has 9 heteroatoms. The van der Waals surface area contributed by atoms with Crippen LogP contribution in [0.25, 0.3) is 0 Å². The zero-order chi connectivity index (χ0) is 15.4. The van der Waals surface area contributed by atoms with E-state index in [0.29, 0.717) is 6.54 Å². The van der Waals surface area contributed by atoms with Crippen LogP contribution in [0, 0.1) is 0 Å². The molecule has 0 fully saturated rings. The van der Waals surface area contributed by atoms with Gasteiger partial charge in [-0.25, -0.2) is 0 Å². The van der Waals surface area contributed by atoms with Crippen molar-refractivity contribution in [2.45, 2.75) is 38.5 Å². The van der Waals surface area contributed by atoms with E-state index < -0.39 is 25.1 Å². The first-order valence-electron chi connectivity index (χ1n) is 5.67. The third-order valence-corrected chi connectivity index (χ3v) is 2.37. The maximum Gasteiger partial charge on any atom is 0.423 e. The molecule has 0 radical (unpaired) electrons. The fourth-order valence-electron chi connectivity index (χ4n) is 1.44. The second-order valence-electron chi connectivity index (χ2n) is 3.92. The van der Waals surface area contributed by atoms with Crippen molar-refractivity contribution in [2.75, 3.05) is 6.54 Å². The zero-order valence-corrected chi connectivity index (χ0v) is 10.4. The Morgan fingerprint density at radius 2 is 1.80 bits per heavy atom. The molecule has 1 rings (SSSR count). The van der Waals surface area contributed by atoms with Gasteiger partial charge in [-0.3, -0.25) is 0 Å². The second-order valence-corrected chi connectivity index (χ2v) is 3.92. The van der Waals surface area contributed by atoms with Gasteiger partial charge in [0.2, 0.25) is 6.10 Å². The lowest BCUT2D eigenvalue weighted by atomic mass is 10.2. The fraction of sp³-hybridized carbons (Fsp3) is 0.636. The molecule has 1 N–H and O–H groups in total. The monoisotopic (exact) mass is 305 g/mol. The van der Waals surface area contributed by atoms with Crippen LogP contribution in [-0.4, -0.2) is 25.0 Å². The summed E-state index contributed by atoms with van der Waals surface area (Å²) >= 11 is 0. The van der Waals surface area contributed by atoms with E-state index >= 15 is 0 Å². The third kappa shape index (κ3) is 4.71. The Bertz CT molecular complexity index is 398. The molecule has 20 heavy (non-hydrogen) atoms. The molecule has 1 aromatic heterocycles. The lowest BCUT2D eigenvalue weighted by molar-refractivity contribution is -0.324. The molecular formula is C11H13F6NO2. The Kier molecular flexibility index (Phi) is 5.46. The van der Waals surface area contributed by atoms with Crippen molar-refractivity contribution in [3.05, 3.63) is 23.7 Å². The van der Waals surface area contributed by atoms with E-state index in [9.17, 15) is 26.3 Å². The van der Waals surface area contributed by atoms with Gasteiger partial charge < -0.3 is 14.5 Å². The zero-order valence-electron chi connectivity index (χ0n) is 10.4. The van der Waals surface area contributed by atoms with Crippen LogP contribution in [0.4, 0.5) is 26.3 Å². The average molecular weight is 305 g/mol. The van der Waals surface area contributed by atoms with E-state index in [2.05, 4.69) is 10.1 Å². The number of furan rings is 1. The first kappa shape index (κ1) is 16.8. The van der Waals surface area contributed by atoms with Gasteiger partial charge in [0.25, 0.3) is 0 Å². The number of nitrogens with one attached hydrogen (secondary N) is 1. The second kappa shape index (κ2) is 6.49. The Balaban J connectivity index is 2.71. The van der Waals surface area contributed by atoms with Gasteiger partial charge >= 0.3 is 12.4 Å². The SMILES string of the molecule is CCNCc1occc1COC(C(F)(F)F)C(F)(F)F. The van der Waals surface area contributed by atoms with Crippen LogP contribution < -0.4 is 5.32 Å². The number of hydrogen-bond acceptors (Lipinski definition) is 3. The van der Waals surface area contributed by atoms with E-state index in [1.165, 1.54) is 12.3 Å². The summed E-state index contributed by atoms with van der Waals surface area (Å²) in [5.41, 5.74) is 0.143. The predicted molar refractivity (Wildman–Crippen MR) is 56.8 cm³/mol. The van der Waals surface area contributed by atoms with E-state index in [0.717, 1.165) is 0 Å². The maximum absolute atomic E-state index is 12.3. The van der Waals surface area contributed by atoms with Crippen LogP contribution in [0.3, 0.4) is 0 Å². The minimum Gasteiger partial charge on any atom is -0.468 e. The summed E-state index contributed by atoms with van der Waals surface area (Å²) < 4.78 is 82.6. The molecule has 0 aliphatic rings. The average Bonchev–Trinajstić information content (AvgIpc) is 2.70. The van der Waals surface area contributed by atoms with Gasteiger partial charge in [-0.2, -0.15) is 26.3 Å². The largest absolute Gasteiger partial charge is 0.468 e. The first-order valence-corrected chi connectivity index (χ1v) is 5.67. The van der Waals surface area contributed by atoms with Crippen molar-refractivity contribution < 1.29 is 35.5 Å². The van der Waals surface area contributed by atoms with Gasteiger partial charge in [-0.05, 0) is 12.6 Å². The normalized spacial score (nSPS) is 13.2. The summed E-state index contributed by atoms with van der Waals surface area (Å²) in [5.74, 6) is 0.245. The molecule has 0 bridgehead atoms. The Labute approximate surface area is 110 Å². The predicted octanol–water partition coefficient (Wildman–Crippen LogP) is 3.40. The molecule has 3 nitrogen and oxygen atoms in total. The van der Waals surface area contributed by atoms with Crippen LogP contribution in [0.5, 0.6) is 0 Å². The molecule has 116 valence electrons. The number of ether oxygens (including phenoxy) is 1. The van der Waals surface area contributed by atoms with Crippen LogP contribution in [0.2, 0.25) is 0 Å². The molecule has 0 aromatic carbocycles.